The third-order valence-corrected chi connectivity index (χ3v) is 4.58. The van der Waals surface area contributed by atoms with E-state index in [9.17, 15) is 9.59 Å². The second kappa shape index (κ2) is 7.30. The van der Waals surface area contributed by atoms with Crippen LogP contribution in [0.25, 0.3) is 33.6 Å². The Morgan fingerprint density at radius 1 is 1.10 bits per heavy atom. The molecule has 30 heavy (non-hydrogen) atoms. The van der Waals surface area contributed by atoms with Crippen LogP contribution in [0.4, 0.5) is 0 Å². The minimum absolute atomic E-state index is 0.422. The highest BCUT2D eigenvalue weighted by molar-refractivity contribution is 6.04. The van der Waals surface area contributed by atoms with Crippen LogP contribution in [0, 0.1) is 6.92 Å². The summed E-state index contributed by atoms with van der Waals surface area (Å²) in [6.07, 6.45) is 3.09. The highest BCUT2D eigenvalue weighted by Crippen LogP contribution is 2.28. The normalized spacial score (nSPS) is 12.1. The molecule has 152 valence electrons. The van der Waals surface area contributed by atoms with E-state index < -0.39 is 17.2 Å². The number of carbonyl (C=O) groups is 1. The molecule has 0 atom stereocenters. The maximum absolute atomic E-state index is 12.6. The van der Waals surface area contributed by atoms with E-state index in [1.54, 1.807) is 23.7 Å². The van der Waals surface area contributed by atoms with Crippen LogP contribution in [-0.2, 0) is 9.53 Å². The Hall–Kier alpha value is -3.67. The molecule has 6 heteroatoms. The van der Waals surface area contributed by atoms with Crippen molar-refractivity contribution < 1.29 is 13.9 Å². The van der Waals surface area contributed by atoms with Crippen molar-refractivity contribution in [2.45, 2.75) is 33.3 Å². The van der Waals surface area contributed by atoms with Crippen LogP contribution in [0.1, 0.15) is 32.0 Å². The van der Waals surface area contributed by atoms with Gasteiger partial charge in [0.2, 0.25) is 0 Å². The molecule has 4 rings (SSSR count). The van der Waals surface area contributed by atoms with Crippen LogP contribution in [0.2, 0.25) is 0 Å². The van der Waals surface area contributed by atoms with E-state index in [1.807, 2.05) is 63.2 Å². The first-order valence-corrected chi connectivity index (χ1v) is 9.66. The predicted molar refractivity (Wildman–Crippen MR) is 117 cm³/mol. The summed E-state index contributed by atoms with van der Waals surface area (Å²) < 4.78 is 12.6. The number of ether oxygens (including phenoxy) is 1. The first-order valence-electron chi connectivity index (χ1n) is 9.66. The van der Waals surface area contributed by atoms with Gasteiger partial charge in [-0.15, -0.1) is 0 Å². The van der Waals surface area contributed by atoms with Gasteiger partial charge in [-0.05, 0) is 52.0 Å². The number of hydrogen-bond donors (Lipinski definition) is 0. The summed E-state index contributed by atoms with van der Waals surface area (Å²) in [5.41, 5.74) is 2.28. The smallest absolute Gasteiger partial charge is 0.347 e. The molecule has 0 aliphatic heterocycles. The third-order valence-electron chi connectivity index (χ3n) is 4.58. The van der Waals surface area contributed by atoms with Gasteiger partial charge in [-0.25, -0.2) is 14.3 Å². The predicted octanol–water partition coefficient (Wildman–Crippen LogP) is 4.80. The van der Waals surface area contributed by atoms with Crippen molar-refractivity contribution in [1.29, 1.82) is 0 Å². The molecule has 0 saturated heterocycles. The Morgan fingerprint density at radius 2 is 1.80 bits per heavy atom. The molecule has 0 unspecified atom stereocenters. The van der Waals surface area contributed by atoms with Crippen LogP contribution in [0.15, 0.2) is 63.8 Å². The number of fused-ring (bicyclic) bond motifs is 3. The lowest BCUT2D eigenvalue weighted by Crippen LogP contribution is -2.22. The number of aryl methyl sites for hydroxylation is 1. The number of benzene rings is 2. The molecular weight excluding hydrogens is 380 g/mol. The van der Waals surface area contributed by atoms with E-state index in [2.05, 4.69) is 5.10 Å². The average Bonchev–Trinajstić information content (AvgIpc) is 3.03. The molecule has 2 heterocycles. The van der Waals surface area contributed by atoms with Crippen LogP contribution >= 0.6 is 0 Å². The van der Waals surface area contributed by atoms with Crippen molar-refractivity contribution in [2.24, 2.45) is 0 Å². The lowest BCUT2D eigenvalue weighted by Gasteiger charge is -2.18. The highest BCUT2D eigenvalue weighted by atomic mass is 16.6. The molecule has 2 aromatic carbocycles. The average molecular weight is 402 g/mol. The Morgan fingerprint density at radius 3 is 2.57 bits per heavy atom. The van der Waals surface area contributed by atoms with Crippen molar-refractivity contribution in [3.8, 4) is 5.69 Å². The van der Waals surface area contributed by atoms with E-state index >= 15 is 0 Å². The summed E-state index contributed by atoms with van der Waals surface area (Å²) in [4.78, 5) is 24.7. The fraction of sp³-hybridized carbons (Fsp3) is 0.208. The van der Waals surface area contributed by atoms with Crippen LogP contribution in [-0.4, -0.2) is 21.4 Å². The van der Waals surface area contributed by atoms with E-state index in [0.29, 0.717) is 22.2 Å². The largest absolute Gasteiger partial charge is 0.457 e. The fourth-order valence-electron chi connectivity index (χ4n) is 3.41. The van der Waals surface area contributed by atoms with Crippen LogP contribution in [0.5, 0.6) is 0 Å². The summed E-state index contributed by atoms with van der Waals surface area (Å²) in [7, 11) is 0. The zero-order chi connectivity index (χ0) is 21.5. The van der Waals surface area contributed by atoms with Crippen LogP contribution < -0.4 is 5.63 Å². The summed E-state index contributed by atoms with van der Waals surface area (Å²) in [5.74, 6) is -0.426. The zero-order valence-corrected chi connectivity index (χ0v) is 17.3. The molecule has 2 aromatic heterocycles. The van der Waals surface area contributed by atoms with Gasteiger partial charge < -0.3 is 9.15 Å². The monoisotopic (exact) mass is 402 g/mol. The fourth-order valence-corrected chi connectivity index (χ4v) is 3.41. The maximum atomic E-state index is 12.6. The molecule has 4 aromatic rings. The topological polar surface area (TPSA) is 74.3 Å². The molecule has 0 fully saturated rings. The molecule has 0 amide bonds. The third kappa shape index (κ3) is 3.64. The van der Waals surface area contributed by atoms with Gasteiger partial charge in [0, 0.05) is 17.0 Å². The van der Waals surface area contributed by atoms with Crippen molar-refractivity contribution >= 4 is 33.9 Å². The standard InChI is InChI=1S/C24H22N2O4/c1-15-21-22(17-10-6-8-12-19(17)29-23(21)28)26(25-15)18-11-7-5-9-16(18)13-14-20(27)30-24(2,3)4/h5-14H,1-4H3/b14-13+. The summed E-state index contributed by atoms with van der Waals surface area (Å²) >= 11 is 0. The van der Waals surface area contributed by atoms with Gasteiger partial charge in [0.25, 0.3) is 0 Å². The Kier molecular flexibility index (Phi) is 4.78. The molecular formula is C24H22N2O4. The minimum atomic E-state index is -0.566. The van der Waals surface area contributed by atoms with Gasteiger partial charge in [-0.1, -0.05) is 30.3 Å². The van der Waals surface area contributed by atoms with Gasteiger partial charge in [0.05, 0.1) is 16.9 Å². The first-order chi connectivity index (χ1) is 14.2. The molecule has 0 saturated carbocycles. The number of para-hydroxylation sites is 2. The number of aromatic nitrogens is 2. The molecule has 0 aliphatic carbocycles. The summed E-state index contributed by atoms with van der Waals surface area (Å²) in [6, 6.07) is 14.9. The first kappa shape index (κ1) is 19.6. The number of esters is 1. The van der Waals surface area contributed by atoms with Crippen molar-refractivity contribution in [3.05, 3.63) is 76.3 Å². The van der Waals surface area contributed by atoms with E-state index in [-0.39, 0.29) is 0 Å². The van der Waals surface area contributed by atoms with Gasteiger partial charge in [0.15, 0.2) is 0 Å². The number of nitrogens with zero attached hydrogens (tertiary/aromatic N) is 2. The SMILES string of the molecule is Cc1nn(-c2ccccc2/C=C/C(=O)OC(C)(C)C)c2c1c(=O)oc1ccccc12. The molecule has 0 spiro atoms. The number of rotatable bonds is 3. The molecule has 6 nitrogen and oxygen atoms in total. The van der Waals surface area contributed by atoms with Gasteiger partial charge >= 0.3 is 11.6 Å². The van der Waals surface area contributed by atoms with Gasteiger partial charge in [0.1, 0.15) is 16.6 Å². The van der Waals surface area contributed by atoms with Crippen molar-refractivity contribution in [1.82, 2.24) is 9.78 Å². The highest BCUT2D eigenvalue weighted by Gasteiger charge is 2.19. The maximum Gasteiger partial charge on any atom is 0.347 e. The lowest BCUT2D eigenvalue weighted by atomic mass is 10.1. The second-order valence-electron chi connectivity index (χ2n) is 8.03. The van der Waals surface area contributed by atoms with Gasteiger partial charge in [-0.3, -0.25) is 0 Å². The Bertz CT molecular complexity index is 1350. The summed E-state index contributed by atoms with van der Waals surface area (Å²) in [6.45, 7) is 7.25. The molecule has 0 radical (unpaired) electrons. The number of hydrogen-bond acceptors (Lipinski definition) is 5. The van der Waals surface area contributed by atoms with Crippen LogP contribution in [0.3, 0.4) is 0 Å². The molecule has 0 N–H and O–H groups in total. The molecule has 0 aliphatic rings. The zero-order valence-electron chi connectivity index (χ0n) is 17.3. The summed E-state index contributed by atoms with van der Waals surface area (Å²) in [5, 5.41) is 5.86. The van der Waals surface area contributed by atoms with Crippen molar-refractivity contribution in [2.75, 3.05) is 0 Å². The van der Waals surface area contributed by atoms with E-state index in [1.165, 1.54) is 6.08 Å². The quantitative estimate of drug-likeness (QED) is 0.280. The van der Waals surface area contributed by atoms with E-state index in [4.69, 9.17) is 9.15 Å². The Balaban J connectivity index is 1.91. The molecule has 0 bridgehead atoms. The van der Waals surface area contributed by atoms with Crippen molar-refractivity contribution in [3.63, 3.8) is 0 Å². The Labute approximate surface area is 173 Å². The van der Waals surface area contributed by atoms with Gasteiger partial charge in [-0.2, -0.15) is 5.10 Å². The minimum Gasteiger partial charge on any atom is -0.457 e. The lowest BCUT2D eigenvalue weighted by molar-refractivity contribution is -0.148. The van der Waals surface area contributed by atoms with E-state index in [0.717, 1.165) is 16.6 Å². The number of carbonyl (C=O) groups excluding carboxylic acids is 1. The second-order valence-corrected chi connectivity index (χ2v) is 8.03.